The molecule has 0 atom stereocenters. The molecule has 0 saturated heterocycles. The highest BCUT2D eigenvalue weighted by molar-refractivity contribution is 5.93. The third kappa shape index (κ3) is 4.15. The molecule has 4 nitrogen and oxygen atoms in total. The first-order chi connectivity index (χ1) is 8.19. The van der Waals surface area contributed by atoms with Crippen LogP contribution in [-0.2, 0) is 4.74 Å². The van der Waals surface area contributed by atoms with Crippen molar-refractivity contribution in [2.24, 2.45) is 0 Å². The second-order valence-corrected chi connectivity index (χ2v) is 3.74. The lowest BCUT2D eigenvalue weighted by Gasteiger charge is -2.21. The second kappa shape index (κ2) is 7.01. The zero-order valence-corrected chi connectivity index (χ0v) is 10.8. The van der Waals surface area contributed by atoms with E-state index in [-0.39, 0.29) is 5.78 Å². The molecule has 17 heavy (non-hydrogen) atoms. The first-order valence-corrected chi connectivity index (χ1v) is 5.98. The normalized spacial score (nSPS) is 10.3. The van der Waals surface area contributed by atoms with Crippen molar-refractivity contribution in [3.05, 3.63) is 23.9 Å². The Hall–Kier alpha value is -1.42. The number of nitrogens with zero attached hydrogens (tertiary/aromatic N) is 2. The van der Waals surface area contributed by atoms with Gasteiger partial charge in [0.2, 0.25) is 0 Å². The number of carbonyl (C=O) groups is 1. The van der Waals surface area contributed by atoms with Crippen molar-refractivity contribution < 1.29 is 9.53 Å². The molecule has 0 radical (unpaired) electrons. The molecule has 0 aliphatic rings. The van der Waals surface area contributed by atoms with E-state index in [9.17, 15) is 4.79 Å². The zero-order chi connectivity index (χ0) is 12.7. The van der Waals surface area contributed by atoms with Crippen molar-refractivity contribution >= 4 is 11.6 Å². The maximum Gasteiger partial charge on any atom is 0.161 e. The van der Waals surface area contributed by atoms with Crippen LogP contribution in [0.25, 0.3) is 0 Å². The minimum atomic E-state index is 0.0430. The number of likely N-dealkylation sites (N-methyl/N-ethyl adjacent to an activating group) is 1. The number of ether oxygens (including phenoxy) is 1. The summed E-state index contributed by atoms with van der Waals surface area (Å²) in [6.45, 7) is 8.72. The number of hydrogen-bond acceptors (Lipinski definition) is 4. The Kier molecular flexibility index (Phi) is 5.63. The zero-order valence-electron chi connectivity index (χ0n) is 10.8. The molecule has 1 aromatic heterocycles. The van der Waals surface area contributed by atoms with E-state index < -0.39 is 0 Å². The maximum absolute atomic E-state index is 11.1. The number of ketones is 1. The van der Waals surface area contributed by atoms with Crippen LogP contribution < -0.4 is 4.90 Å². The molecule has 4 heteroatoms. The highest BCUT2D eigenvalue weighted by Crippen LogP contribution is 2.11. The highest BCUT2D eigenvalue weighted by Gasteiger charge is 2.06. The molecule has 0 saturated carbocycles. The number of rotatable bonds is 7. The molecule has 0 spiro atoms. The molecule has 0 aliphatic heterocycles. The summed E-state index contributed by atoms with van der Waals surface area (Å²) in [7, 11) is 0. The van der Waals surface area contributed by atoms with Gasteiger partial charge in [-0.1, -0.05) is 0 Å². The topological polar surface area (TPSA) is 42.4 Å². The summed E-state index contributed by atoms with van der Waals surface area (Å²) in [5.41, 5.74) is 0.648. The third-order valence-corrected chi connectivity index (χ3v) is 2.57. The van der Waals surface area contributed by atoms with Gasteiger partial charge in [0.1, 0.15) is 5.82 Å². The summed E-state index contributed by atoms with van der Waals surface area (Å²) in [5, 5.41) is 0. The molecular weight excluding hydrogens is 216 g/mol. The molecule has 94 valence electrons. The molecule has 0 amide bonds. The van der Waals surface area contributed by atoms with Crippen LogP contribution in [0.15, 0.2) is 18.3 Å². The largest absolute Gasteiger partial charge is 0.380 e. The number of aromatic nitrogens is 1. The van der Waals surface area contributed by atoms with Gasteiger partial charge in [-0.15, -0.1) is 0 Å². The maximum atomic E-state index is 11.1. The van der Waals surface area contributed by atoms with E-state index in [2.05, 4.69) is 16.8 Å². The SMILES string of the molecule is CCOCCN(CC)c1ccc(C(C)=O)cn1. The van der Waals surface area contributed by atoms with Gasteiger partial charge in [-0.25, -0.2) is 4.98 Å². The van der Waals surface area contributed by atoms with E-state index in [1.807, 2.05) is 19.1 Å². The lowest BCUT2D eigenvalue weighted by atomic mass is 10.2. The number of pyridine rings is 1. The molecule has 0 bridgehead atoms. The molecule has 0 N–H and O–H groups in total. The first kappa shape index (κ1) is 13.6. The van der Waals surface area contributed by atoms with E-state index in [1.54, 1.807) is 13.1 Å². The minimum Gasteiger partial charge on any atom is -0.380 e. The van der Waals surface area contributed by atoms with Crippen LogP contribution in [0, 0.1) is 0 Å². The predicted octanol–water partition coefficient (Wildman–Crippen LogP) is 2.15. The highest BCUT2D eigenvalue weighted by atomic mass is 16.5. The van der Waals surface area contributed by atoms with Gasteiger partial charge in [-0.2, -0.15) is 0 Å². The quantitative estimate of drug-likeness (QED) is 0.537. The second-order valence-electron chi connectivity index (χ2n) is 3.74. The predicted molar refractivity (Wildman–Crippen MR) is 68.6 cm³/mol. The van der Waals surface area contributed by atoms with Gasteiger partial charge < -0.3 is 9.64 Å². The summed E-state index contributed by atoms with van der Waals surface area (Å²) in [6, 6.07) is 3.69. The van der Waals surface area contributed by atoms with Crippen molar-refractivity contribution in [2.75, 3.05) is 31.2 Å². The average Bonchev–Trinajstić information content (AvgIpc) is 2.35. The van der Waals surface area contributed by atoms with Gasteiger partial charge in [0.15, 0.2) is 5.78 Å². The van der Waals surface area contributed by atoms with Gasteiger partial charge in [-0.3, -0.25) is 4.79 Å². The fourth-order valence-electron chi connectivity index (χ4n) is 1.54. The lowest BCUT2D eigenvalue weighted by Crippen LogP contribution is -2.28. The Morgan fingerprint density at radius 2 is 2.18 bits per heavy atom. The molecule has 1 rings (SSSR count). The van der Waals surface area contributed by atoms with Gasteiger partial charge in [0.25, 0.3) is 0 Å². The average molecular weight is 236 g/mol. The summed E-state index contributed by atoms with van der Waals surface area (Å²) in [5.74, 6) is 0.929. The van der Waals surface area contributed by atoms with Crippen LogP contribution in [0.3, 0.4) is 0 Å². The van der Waals surface area contributed by atoms with Crippen LogP contribution in [0.5, 0.6) is 0 Å². The minimum absolute atomic E-state index is 0.0430. The van der Waals surface area contributed by atoms with E-state index >= 15 is 0 Å². The molecule has 1 heterocycles. The third-order valence-electron chi connectivity index (χ3n) is 2.57. The molecular formula is C13H20N2O2. The Labute approximate surface area is 103 Å². The Morgan fingerprint density at radius 1 is 1.41 bits per heavy atom. The van der Waals surface area contributed by atoms with Crippen molar-refractivity contribution in [3.8, 4) is 0 Å². The van der Waals surface area contributed by atoms with Gasteiger partial charge in [0.05, 0.1) is 6.61 Å². The van der Waals surface area contributed by atoms with E-state index in [0.717, 1.165) is 25.5 Å². The summed E-state index contributed by atoms with van der Waals surface area (Å²) < 4.78 is 5.33. The molecule has 1 aromatic rings. The molecule has 0 fully saturated rings. The summed E-state index contributed by atoms with van der Waals surface area (Å²) in [4.78, 5) is 17.6. The summed E-state index contributed by atoms with van der Waals surface area (Å²) in [6.07, 6.45) is 1.63. The van der Waals surface area contributed by atoms with E-state index in [4.69, 9.17) is 4.74 Å². The monoisotopic (exact) mass is 236 g/mol. The van der Waals surface area contributed by atoms with Crippen molar-refractivity contribution in [1.29, 1.82) is 0 Å². The fourth-order valence-corrected chi connectivity index (χ4v) is 1.54. The number of anilines is 1. The van der Waals surface area contributed by atoms with Crippen LogP contribution in [-0.4, -0.2) is 37.1 Å². The van der Waals surface area contributed by atoms with Crippen LogP contribution >= 0.6 is 0 Å². The smallest absolute Gasteiger partial charge is 0.161 e. The number of carbonyl (C=O) groups excluding carboxylic acids is 1. The van der Waals surface area contributed by atoms with Crippen LogP contribution in [0.1, 0.15) is 31.1 Å². The number of Topliss-reactive ketones (excluding diaryl/α,β-unsaturated/α-hetero) is 1. The first-order valence-electron chi connectivity index (χ1n) is 5.98. The van der Waals surface area contributed by atoms with Crippen LogP contribution in [0.4, 0.5) is 5.82 Å². The molecule has 0 aliphatic carbocycles. The van der Waals surface area contributed by atoms with Crippen molar-refractivity contribution in [2.45, 2.75) is 20.8 Å². The molecule has 0 unspecified atom stereocenters. The fraction of sp³-hybridized carbons (Fsp3) is 0.538. The Balaban J connectivity index is 2.65. The Morgan fingerprint density at radius 3 is 2.65 bits per heavy atom. The Bertz CT molecular complexity index is 349. The van der Waals surface area contributed by atoms with Gasteiger partial charge in [-0.05, 0) is 32.9 Å². The van der Waals surface area contributed by atoms with Crippen molar-refractivity contribution in [1.82, 2.24) is 4.98 Å². The standard InChI is InChI=1S/C13H20N2O2/c1-4-15(8-9-17-5-2)13-7-6-12(10-14-13)11(3)16/h6-7,10H,4-5,8-9H2,1-3H3. The van der Waals surface area contributed by atoms with Crippen LogP contribution in [0.2, 0.25) is 0 Å². The van der Waals surface area contributed by atoms with Gasteiger partial charge >= 0.3 is 0 Å². The number of hydrogen-bond donors (Lipinski definition) is 0. The van der Waals surface area contributed by atoms with Crippen molar-refractivity contribution in [3.63, 3.8) is 0 Å². The van der Waals surface area contributed by atoms with E-state index in [0.29, 0.717) is 12.2 Å². The summed E-state index contributed by atoms with van der Waals surface area (Å²) >= 11 is 0. The van der Waals surface area contributed by atoms with Gasteiger partial charge in [0, 0.05) is 31.5 Å². The lowest BCUT2D eigenvalue weighted by molar-refractivity contribution is 0.101. The van der Waals surface area contributed by atoms with E-state index in [1.165, 1.54) is 0 Å². The molecule has 0 aromatic carbocycles.